The van der Waals surface area contributed by atoms with Gasteiger partial charge in [-0.2, -0.15) is 0 Å². The van der Waals surface area contributed by atoms with Crippen LogP contribution in [0.15, 0.2) is 6.20 Å². The maximum Gasteiger partial charge on any atom is 0.280 e. The molecule has 14 heavy (non-hydrogen) atoms. The minimum Gasteiger partial charge on any atom is -0.496 e. The summed E-state index contributed by atoms with van der Waals surface area (Å²) in [6.07, 6.45) is -1.18. The summed E-state index contributed by atoms with van der Waals surface area (Å²) in [6.45, 7) is 1.77. The highest BCUT2D eigenvalue weighted by Crippen LogP contribution is 2.32. The normalized spacial score (nSPS) is 10.7. The Kier molecular flexibility index (Phi) is 3.80. The summed E-state index contributed by atoms with van der Waals surface area (Å²) < 4.78 is 30.1. The van der Waals surface area contributed by atoms with Crippen molar-refractivity contribution < 1.29 is 13.5 Å². The van der Waals surface area contributed by atoms with Crippen molar-refractivity contribution in [2.24, 2.45) is 0 Å². The SMILES string of the molecule is COc1c(C)cnc(C(F)F)c1CBr. The first-order chi connectivity index (χ1) is 6.61. The van der Waals surface area contributed by atoms with E-state index >= 15 is 0 Å². The quantitative estimate of drug-likeness (QED) is 0.783. The van der Waals surface area contributed by atoms with Crippen molar-refractivity contribution in [1.29, 1.82) is 0 Å². The Morgan fingerprint density at radius 3 is 2.64 bits per heavy atom. The van der Waals surface area contributed by atoms with E-state index in [0.717, 1.165) is 5.56 Å². The molecule has 0 spiro atoms. The molecular formula is C9H10BrF2NO. The van der Waals surface area contributed by atoms with Gasteiger partial charge in [-0.15, -0.1) is 0 Å². The molecule has 78 valence electrons. The van der Waals surface area contributed by atoms with Gasteiger partial charge in [0.1, 0.15) is 11.4 Å². The molecule has 0 aliphatic carbocycles. The Labute approximate surface area is 89.4 Å². The molecule has 5 heteroatoms. The van der Waals surface area contributed by atoms with E-state index < -0.39 is 6.43 Å². The highest BCUT2D eigenvalue weighted by Gasteiger charge is 2.19. The molecule has 0 bridgehead atoms. The molecule has 0 unspecified atom stereocenters. The van der Waals surface area contributed by atoms with Crippen molar-refractivity contribution in [1.82, 2.24) is 4.98 Å². The molecule has 0 atom stereocenters. The first-order valence-corrected chi connectivity index (χ1v) is 5.10. The van der Waals surface area contributed by atoms with Crippen LogP contribution in [0.4, 0.5) is 8.78 Å². The van der Waals surface area contributed by atoms with Gasteiger partial charge < -0.3 is 4.74 Å². The second kappa shape index (κ2) is 4.68. The number of aryl methyl sites for hydroxylation is 1. The lowest BCUT2D eigenvalue weighted by atomic mass is 10.1. The number of alkyl halides is 3. The monoisotopic (exact) mass is 265 g/mol. The molecule has 0 aliphatic rings. The van der Waals surface area contributed by atoms with Gasteiger partial charge >= 0.3 is 0 Å². The standard InChI is InChI=1S/C9H10BrF2NO/c1-5-4-13-7(9(11)12)6(3-10)8(5)14-2/h4,9H,3H2,1-2H3. The van der Waals surface area contributed by atoms with Crippen LogP contribution < -0.4 is 4.74 Å². The van der Waals surface area contributed by atoms with Gasteiger partial charge in [-0.1, -0.05) is 15.9 Å². The fourth-order valence-electron chi connectivity index (χ4n) is 1.26. The van der Waals surface area contributed by atoms with Crippen molar-refractivity contribution in [3.63, 3.8) is 0 Å². The van der Waals surface area contributed by atoms with Gasteiger partial charge in [0, 0.05) is 22.7 Å². The van der Waals surface area contributed by atoms with Gasteiger partial charge in [0.25, 0.3) is 6.43 Å². The summed E-state index contributed by atoms with van der Waals surface area (Å²) in [5.41, 5.74) is 0.957. The lowest BCUT2D eigenvalue weighted by molar-refractivity contribution is 0.144. The third-order valence-corrected chi connectivity index (χ3v) is 2.44. The highest BCUT2D eigenvalue weighted by molar-refractivity contribution is 9.08. The third-order valence-electron chi connectivity index (χ3n) is 1.88. The van der Waals surface area contributed by atoms with Crippen LogP contribution in [0.1, 0.15) is 23.2 Å². The zero-order chi connectivity index (χ0) is 10.7. The molecule has 1 rings (SSSR count). The summed E-state index contributed by atoms with van der Waals surface area (Å²) in [5, 5.41) is 0.310. The smallest absolute Gasteiger partial charge is 0.280 e. The van der Waals surface area contributed by atoms with Crippen LogP contribution >= 0.6 is 15.9 Å². The van der Waals surface area contributed by atoms with Gasteiger partial charge in [-0.05, 0) is 6.92 Å². The summed E-state index contributed by atoms with van der Waals surface area (Å²) in [6, 6.07) is 0. The molecule has 1 aromatic heterocycles. The van der Waals surface area contributed by atoms with Crippen LogP contribution in [-0.2, 0) is 5.33 Å². The topological polar surface area (TPSA) is 22.1 Å². The zero-order valence-corrected chi connectivity index (χ0v) is 9.44. The first kappa shape index (κ1) is 11.4. The number of halogens is 3. The molecule has 0 aromatic carbocycles. The van der Waals surface area contributed by atoms with E-state index in [4.69, 9.17) is 4.74 Å². The van der Waals surface area contributed by atoms with E-state index in [9.17, 15) is 8.78 Å². The van der Waals surface area contributed by atoms with Crippen molar-refractivity contribution in [2.75, 3.05) is 7.11 Å². The molecule has 0 aliphatic heterocycles. The second-order valence-corrected chi connectivity index (χ2v) is 3.33. The van der Waals surface area contributed by atoms with Gasteiger partial charge in [0.05, 0.1) is 7.11 Å². The summed E-state index contributed by atoms with van der Waals surface area (Å²) in [7, 11) is 1.46. The minimum absolute atomic E-state index is 0.218. The molecule has 0 N–H and O–H groups in total. The van der Waals surface area contributed by atoms with E-state index in [2.05, 4.69) is 20.9 Å². The number of ether oxygens (including phenoxy) is 1. The van der Waals surface area contributed by atoms with Gasteiger partial charge in [-0.25, -0.2) is 8.78 Å². The first-order valence-electron chi connectivity index (χ1n) is 3.98. The molecular weight excluding hydrogens is 256 g/mol. The predicted molar refractivity (Wildman–Crippen MR) is 53.1 cm³/mol. The van der Waals surface area contributed by atoms with E-state index in [1.807, 2.05) is 0 Å². The van der Waals surface area contributed by atoms with Crippen molar-refractivity contribution >= 4 is 15.9 Å². The largest absolute Gasteiger partial charge is 0.496 e. The third kappa shape index (κ3) is 2.03. The van der Waals surface area contributed by atoms with Crippen molar-refractivity contribution in [3.8, 4) is 5.75 Å². The predicted octanol–water partition coefficient (Wildman–Crippen LogP) is 3.23. The van der Waals surface area contributed by atoms with Crippen LogP contribution in [0.25, 0.3) is 0 Å². The van der Waals surface area contributed by atoms with Crippen LogP contribution in [0.3, 0.4) is 0 Å². The summed E-state index contributed by atoms with van der Waals surface area (Å²) in [5.74, 6) is 0.479. The minimum atomic E-state index is -2.57. The van der Waals surface area contributed by atoms with E-state index in [1.165, 1.54) is 13.3 Å². The summed E-state index contributed by atoms with van der Waals surface area (Å²) in [4.78, 5) is 3.70. The number of rotatable bonds is 3. The average Bonchev–Trinajstić information content (AvgIpc) is 2.16. The van der Waals surface area contributed by atoms with Crippen LogP contribution in [-0.4, -0.2) is 12.1 Å². The molecule has 0 amide bonds. The van der Waals surface area contributed by atoms with E-state index in [-0.39, 0.29) is 5.69 Å². The molecule has 2 nitrogen and oxygen atoms in total. The maximum absolute atomic E-state index is 12.5. The van der Waals surface area contributed by atoms with Gasteiger partial charge in [0.2, 0.25) is 0 Å². The fraction of sp³-hybridized carbons (Fsp3) is 0.444. The molecule has 0 saturated heterocycles. The Bertz CT molecular complexity index is 331. The van der Waals surface area contributed by atoms with E-state index in [1.54, 1.807) is 6.92 Å². The molecule has 0 saturated carbocycles. The Balaban J connectivity index is 3.33. The second-order valence-electron chi connectivity index (χ2n) is 2.77. The number of hydrogen-bond acceptors (Lipinski definition) is 2. The number of nitrogens with zero attached hydrogens (tertiary/aromatic N) is 1. The van der Waals surface area contributed by atoms with Crippen LogP contribution in [0, 0.1) is 6.92 Å². The number of aromatic nitrogens is 1. The van der Waals surface area contributed by atoms with Crippen molar-refractivity contribution in [3.05, 3.63) is 23.0 Å². The fourth-order valence-corrected chi connectivity index (χ4v) is 1.80. The number of pyridine rings is 1. The van der Waals surface area contributed by atoms with E-state index in [0.29, 0.717) is 16.6 Å². The number of hydrogen-bond donors (Lipinski definition) is 0. The maximum atomic E-state index is 12.5. The molecule has 1 aromatic rings. The highest BCUT2D eigenvalue weighted by atomic mass is 79.9. The average molecular weight is 266 g/mol. The lowest BCUT2D eigenvalue weighted by Gasteiger charge is -2.12. The van der Waals surface area contributed by atoms with Gasteiger partial charge in [-0.3, -0.25) is 4.98 Å². The lowest BCUT2D eigenvalue weighted by Crippen LogP contribution is -2.02. The Morgan fingerprint density at radius 1 is 1.57 bits per heavy atom. The zero-order valence-electron chi connectivity index (χ0n) is 7.85. The van der Waals surface area contributed by atoms with Crippen LogP contribution in [0.2, 0.25) is 0 Å². The molecule has 0 fully saturated rings. The summed E-state index contributed by atoms with van der Waals surface area (Å²) >= 11 is 3.15. The Hall–Kier alpha value is -0.710. The Morgan fingerprint density at radius 2 is 2.21 bits per heavy atom. The van der Waals surface area contributed by atoms with Crippen molar-refractivity contribution in [2.45, 2.75) is 18.7 Å². The molecule has 0 radical (unpaired) electrons. The number of methoxy groups -OCH3 is 1. The molecule has 1 heterocycles. The van der Waals surface area contributed by atoms with Gasteiger partial charge in [0.15, 0.2) is 0 Å². The van der Waals surface area contributed by atoms with Crippen LogP contribution in [0.5, 0.6) is 5.75 Å².